The summed E-state index contributed by atoms with van der Waals surface area (Å²) in [4.78, 5) is 24.0. The van der Waals surface area contributed by atoms with Gasteiger partial charge in [0.2, 0.25) is 17.8 Å². The molecule has 7 heteroatoms. The predicted molar refractivity (Wildman–Crippen MR) is 104 cm³/mol. The highest BCUT2D eigenvalue weighted by atomic mass is 16.1. The summed E-state index contributed by atoms with van der Waals surface area (Å²) in [5, 5.41) is 9.24. The number of carbonyl (C=O) groups is 1. The Morgan fingerprint density at radius 3 is 2.04 bits per heavy atom. The molecule has 3 rings (SSSR count). The summed E-state index contributed by atoms with van der Waals surface area (Å²) < 4.78 is 0. The Labute approximate surface area is 151 Å². The van der Waals surface area contributed by atoms with Crippen molar-refractivity contribution in [3.05, 3.63) is 59.2 Å². The first-order valence-corrected chi connectivity index (χ1v) is 8.17. The Kier molecular flexibility index (Phi) is 5.07. The van der Waals surface area contributed by atoms with Crippen molar-refractivity contribution in [1.82, 2.24) is 15.0 Å². The summed E-state index contributed by atoms with van der Waals surface area (Å²) in [6.07, 6.45) is 0.796. The van der Waals surface area contributed by atoms with Crippen LogP contribution in [0, 0.1) is 13.8 Å². The van der Waals surface area contributed by atoms with Crippen molar-refractivity contribution in [3.8, 4) is 0 Å². The van der Waals surface area contributed by atoms with E-state index in [1.54, 1.807) is 25.2 Å². The van der Waals surface area contributed by atoms with Crippen molar-refractivity contribution in [2.24, 2.45) is 0 Å². The smallest absolute Gasteiger partial charge is 0.233 e. The van der Waals surface area contributed by atoms with Crippen molar-refractivity contribution >= 4 is 35.5 Å². The van der Waals surface area contributed by atoms with Gasteiger partial charge in [-0.15, -0.1) is 0 Å². The molecule has 0 aliphatic carbocycles. The van der Waals surface area contributed by atoms with Gasteiger partial charge in [0.25, 0.3) is 0 Å². The molecule has 0 aliphatic rings. The summed E-state index contributed by atoms with van der Waals surface area (Å²) in [7, 11) is 1.74. The molecule has 0 amide bonds. The molecule has 132 valence electrons. The van der Waals surface area contributed by atoms with Crippen LogP contribution in [0.2, 0.25) is 0 Å². The molecule has 1 aromatic heterocycles. The maximum atomic E-state index is 10.9. The van der Waals surface area contributed by atoms with E-state index in [0.29, 0.717) is 23.4 Å². The first-order chi connectivity index (χ1) is 12.6. The summed E-state index contributed by atoms with van der Waals surface area (Å²) in [5.74, 6) is 1.23. The number of nitrogens with one attached hydrogen (secondary N) is 3. The van der Waals surface area contributed by atoms with E-state index in [-0.39, 0.29) is 0 Å². The lowest BCUT2D eigenvalue weighted by Gasteiger charge is -2.11. The predicted octanol–water partition coefficient (Wildman–Crippen LogP) is 3.83. The molecule has 0 fully saturated rings. The van der Waals surface area contributed by atoms with E-state index in [2.05, 4.69) is 37.0 Å². The van der Waals surface area contributed by atoms with E-state index >= 15 is 0 Å². The van der Waals surface area contributed by atoms with Crippen LogP contribution in [0.15, 0.2) is 42.5 Å². The molecule has 2 aromatic carbocycles. The maximum absolute atomic E-state index is 10.9. The number of nitrogens with zero attached hydrogens (tertiary/aromatic N) is 3. The zero-order valence-corrected chi connectivity index (χ0v) is 14.9. The van der Waals surface area contributed by atoms with E-state index in [1.807, 2.05) is 32.0 Å². The average molecular weight is 348 g/mol. The van der Waals surface area contributed by atoms with Crippen molar-refractivity contribution in [2.45, 2.75) is 13.8 Å². The van der Waals surface area contributed by atoms with Crippen LogP contribution in [0.5, 0.6) is 0 Å². The Balaban J connectivity index is 1.89. The van der Waals surface area contributed by atoms with Gasteiger partial charge >= 0.3 is 0 Å². The lowest BCUT2D eigenvalue weighted by Crippen LogP contribution is -2.07. The summed E-state index contributed by atoms with van der Waals surface area (Å²) in [5.41, 5.74) is 4.51. The second kappa shape index (κ2) is 7.60. The molecule has 0 spiro atoms. The van der Waals surface area contributed by atoms with Gasteiger partial charge in [0.15, 0.2) is 0 Å². The molecule has 0 bridgehead atoms. The van der Waals surface area contributed by atoms with E-state index < -0.39 is 0 Å². The number of aryl methyl sites for hydroxylation is 2. The van der Waals surface area contributed by atoms with Gasteiger partial charge in [0.05, 0.1) is 0 Å². The third-order valence-electron chi connectivity index (χ3n) is 3.62. The minimum Gasteiger partial charge on any atom is -0.357 e. The molecule has 0 saturated heterocycles. The fraction of sp³-hybridized carbons (Fsp3) is 0.158. The van der Waals surface area contributed by atoms with Gasteiger partial charge in [-0.3, -0.25) is 4.79 Å². The molecule has 3 aromatic rings. The summed E-state index contributed by atoms with van der Waals surface area (Å²) in [6.45, 7) is 4.08. The van der Waals surface area contributed by atoms with E-state index in [0.717, 1.165) is 28.8 Å². The number of aromatic nitrogens is 3. The zero-order chi connectivity index (χ0) is 18.5. The lowest BCUT2D eigenvalue weighted by atomic mass is 10.1. The Hall–Kier alpha value is -3.48. The average Bonchev–Trinajstić information content (AvgIpc) is 2.60. The highest BCUT2D eigenvalue weighted by Gasteiger charge is 2.07. The number of hydrogen-bond acceptors (Lipinski definition) is 7. The van der Waals surface area contributed by atoms with Gasteiger partial charge in [-0.1, -0.05) is 18.2 Å². The van der Waals surface area contributed by atoms with Crippen LogP contribution in [0.1, 0.15) is 21.5 Å². The van der Waals surface area contributed by atoms with Crippen LogP contribution < -0.4 is 16.0 Å². The molecule has 3 N–H and O–H groups in total. The van der Waals surface area contributed by atoms with Crippen molar-refractivity contribution in [1.29, 1.82) is 0 Å². The minimum absolute atomic E-state index is 0.374. The molecule has 0 saturated carbocycles. The number of rotatable bonds is 6. The van der Waals surface area contributed by atoms with Crippen LogP contribution in [0.3, 0.4) is 0 Å². The zero-order valence-electron chi connectivity index (χ0n) is 14.9. The molecule has 0 aliphatic heterocycles. The highest BCUT2D eigenvalue weighted by molar-refractivity contribution is 5.77. The van der Waals surface area contributed by atoms with E-state index in [1.165, 1.54) is 0 Å². The van der Waals surface area contributed by atoms with Crippen LogP contribution in [-0.4, -0.2) is 28.3 Å². The molecular weight excluding hydrogens is 328 g/mol. The Morgan fingerprint density at radius 1 is 0.808 bits per heavy atom. The Bertz CT molecular complexity index is 921. The molecule has 0 atom stereocenters. The second-order valence-electron chi connectivity index (χ2n) is 5.93. The van der Waals surface area contributed by atoms with Crippen LogP contribution in [-0.2, 0) is 0 Å². The normalized spacial score (nSPS) is 10.3. The number of carbonyl (C=O) groups excluding carboxylic acids is 1. The monoisotopic (exact) mass is 348 g/mol. The van der Waals surface area contributed by atoms with Gasteiger partial charge in [0.1, 0.15) is 6.29 Å². The molecule has 0 unspecified atom stereocenters. The molecule has 0 radical (unpaired) electrons. The topological polar surface area (TPSA) is 91.8 Å². The van der Waals surface area contributed by atoms with Crippen molar-refractivity contribution in [3.63, 3.8) is 0 Å². The lowest BCUT2D eigenvalue weighted by molar-refractivity contribution is 0.112. The van der Waals surface area contributed by atoms with Crippen LogP contribution in [0.4, 0.5) is 29.2 Å². The van der Waals surface area contributed by atoms with Crippen molar-refractivity contribution in [2.75, 3.05) is 23.0 Å². The third-order valence-corrected chi connectivity index (χ3v) is 3.62. The fourth-order valence-electron chi connectivity index (χ4n) is 2.59. The van der Waals surface area contributed by atoms with E-state index in [9.17, 15) is 4.79 Å². The van der Waals surface area contributed by atoms with Gasteiger partial charge in [-0.25, -0.2) is 0 Å². The summed E-state index contributed by atoms with van der Waals surface area (Å²) in [6, 6.07) is 13.2. The fourth-order valence-corrected chi connectivity index (χ4v) is 2.59. The molecule has 26 heavy (non-hydrogen) atoms. The third kappa shape index (κ3) is 4.32. The van der Waals surface area contributed by atoms with Gasteiger partial charge in [0, 0.05) is 24.0 Å². The van der Waals surface area contributed by atoms with Gasteiger partial charge in [-0.05, 0) is 49.2 Å². The number of aldehydes is 1. The first-order valence-electron chi connectivity index (χ1n) is 8.17. The van der Waals surface area contributed by atoms with Gasteiger partial charge in [-0.2, -0.15) is 15.0 Å². The second-order valence-corrected chi connectivity index (χ2v) is 5.93. The maximum Gasteiger partial charge on any atom is 0.233 e. The number of benzene rings is 2. The number of anilines is 5. The van der Waals surface area contributed by atoms with Crippen molar-refractivity contribution < 1.29 is 4.79 Å². The van der Waals surface area contributed by atoms with Crippen LogP contribution >= 0.6 is 0 Å². The largest absolute Gasteiger partial charge is 0.357 e. The van der Waals surface area contributed by atoms with Gasteiger partial charge < -0.3 is 16.0 Å². The van der Waals surface area contributed by atoms with E-state index in [4.69, 9.17) is 0 Å². The summed E-state index contributed by atoms with van der Waals surface area (Å²) >= 11 is 0. The molecule has 1 heterocycles. The quantitative estimate of drug-likeness (QED) is 0.583. The molecular formula is C19H20N6O. The SMILES string of the molecule is CNc1nc(Nc2cc(C)cc(C)c2)nc(Nc2cccc(C=O)c2)n1. The minimum atomic E-state index is 0.374. The van der Waals surface area contributed by atoms with Crippen LogP contribution in [0.25, 0.3) is 0 Å². The Morgan fingerprint density at radius 2 is 1.42 bits per heavy atom. The number of hydrogen-bond donors (Lipinski definition) is 3. The first kappa shape index (κ1) is 17.3. The standard InChI is InChI=1S/C19H20N6O/c1-12-7-13(2)9-16(8-12)22-19-24-17(20-3)23-18(25-19)21-15-6-4-5-14(10-15)11-26/h4-11H,1-3H3,(H3,20,21,22,23,24,25). The highest BCUT2D eigenvalue weighted by Crippen LogP contribution is 2.20. The molecule has 7 nitrogen and oxygen atoms in total.